The molecule has 180 valence electrons. The average molecular weight is 449 g/mol. The van der Waals surface area contributed by atoms with Crippen molar-refractivity contribution < 1.29 is 5.11 Å². The highest BCUT2D eigenvalue weighted by molar-refractivity contribution is 7.99. The van der Waals surface area contributed by atoms with Gasteiger partial charge in [0.1, 0.15) is 5.75 Å². The van der Waals surface area contributed by atoms with Crippen LogP contribution in [0, 0.1) is 17.8 Å². The monoisotopic (exact) mass is 448 g/mol. The maximum atomic E-state index is 10.9. The van der Waals surface area contributed by atoms with Gasteiger partial charge in [-0.15, -0.1) is 11.8 Å². The highest BCUT2D eigenvalue weighted by Gasteiger charge is 2.26. The van der Waals surface area contributed by atoms with Crippen molar-refractivity contribution in [3.05, 3.63) is 23.3 Å². The molecule has 0 aliphatic heterocycles. The molecule has 1 aromatic carbocycles. The first-order valence-electron chi connectivity index (χ1n) is 12.7. The Balaban J connectivity index is 2.54. The summed E-state index contributed by atoms with van der Waals surface area (Å²) in [5, 5.41) is 10.9. The van der Waals surface area contributed by atoms with E-state index in [9.17, 15) is 5.11 Å². The minimum Gasteiger partial charge on any atom is -0.507 e. The van der Waals surface area contributed by atoms with Crippen molar-refractivity contribution in [2.45, 2.75) is 130 Å². The highest BCUT2D eigenvalue weighted by atomic mass is 32.2. The molecule has 0 saturated carbocycles. The lowest BCUT2D eigenvalue weighted by Crippen LogP contribution is -2.17. The third-order valence-electron chi connectivity index (χ3n) is 6.45. The van der Waals surface area contributed by atoms with Crippen molar-refractivity contribution >= 4 is 11.8 Å². The number of rotatable bonds is 12. The van der Waals surface area contributed by atoms with Gasteiger partial charge in [0.05, 0.1) is 0 Å². The fourth-order valence-corrected chi connectivity index (χ4v) is 5.35. The summed E-state index contributed by atoms with van der Waals surface area (Å²) in [6.45, 7) is 22.6. The van der Waals surface area contributed by atoms with Crippen molar-refractivity contribution in [2.75, 3.05) is 5.75 Å². The molecule has 1 nitrogen and oxygen atoms in total. The normalized spacial score (nSPS) is 14.8. The number of aromatic hydroxyl groups is 1. The first kappa shape index (κ1) is 28.4. The molecule has 2 unspecified atom stereocenters. The summed E-state index contributed by atoms with van der Waals surface area (Å²) in [7, 11) is 0. The lowest BCUT2D eigenvalue weighted by Gasteiger charge is -2.28. The lowest BCUT2D eigenvalue weighted by molar-refractivity contribution is 0.398. The van der Waals surface area contributed by atoms with Crippen LogP contribution in [0.4, 0.5) is 0 Å². The van der Waals surface area contributed by atoms with Crippen LogP contribution in [0.3, 0.4) is 0 Å². The summed E-state index contributed by atoms with van der Waals surface area (Å²) in [5.74, 6) is 4.15. The summed E-state index contributed by atoms with van der Waals surface area (Å²) >= 11 is 1.96. The zero-order valence-electron chi connectivity index (χ0n) is 22.4. The topological polar surface area (TPSA) is 20.2 Å². The molecule has 0 aromatic heterocycles. The predicted octanol–water partition coefficient (Wildman–Crippen LogP) is 9.74. The summed E-state index contributed by atoms with van der Waals surface area (Å²) in [6, 6.07) is 4.44. The minimum atomic E-state index is -0.0557. The van der Waals surface area contributed by atoms with Gasteiger partial charge in [-0.25, -0.2) is 0 Å². The molecule has 2 atom stereocenters. The van der Waals surface area contributed by atoms with Gasteiger partial charge < -0.3 is 5.11 Å². The van der Waals surface area contributed by atoms with E-state index in [0.29, 0.717) is 5.75 Å². The van der Waals surface area contributed by atoms with Gasteiger partial charge in [0.2, 0.25) is 0 Å². The van der Waals surface area contributed by atoms with E-state index in [0.717, 1.165) is 34.6 Å². The van der Waals surface area contributed by atoms with E-state index in [2.05, 4.69) is 81.4 Å². The number of phenols is 1. The Morgan fingerprint density at radius 1 is 0.710 bits per heavy atom. The Bertz CT molecular complexity index is 613. The molecule has 0 spiro atoms. The fourth-order valence-electron chi connectivity index (χ4n) is 4.19. The van der Waals surface area contributed by atoms with Crippen LogP contribution in [-0.4, -0.2) is 10.9 Å². The van der Waals surface area contributed by atoms with Crippen LogP contribution in [-0.2, 0) is 10.8 Å². The Hall–Kier alpha value is -0.630. The molecule has 0 fully saturated rings. The van der Waals surface area contributed by atoms with Crippen molar-refractivity contribution in [3.8, 4) is 5.75 Å². The van der Waals surface area contributed by atoms with Gasteiger partial charge in [0.15, 0.2) is 0 Å². The van der Waals surface area contributed by atoms with Crippen molar-refractivity contribution in [2.24, 2.45) is 17.8 Å². The molecule has 0 radical (unpaired) electrons. The molecule has 0 heterocycles. The zero-order chi connectivity index (χ0) is 23.8. The van der Waals surface area contributed by atoms with Crippen LogP contribution in [0.5, 0.6) is 5.75 Å². The van der Waals surface area contributed by atoms with Crippen molar-refractivity contribution in [3.63, 3.8) is 0 Å². The van der Waals surface area contributed by atoms with Crippen LogP contribution >= 0.6 is 11.8 Å². The Morgan fingerprint density at radius 2 is 1.13 bits per heavy atom. The average Bonchev–Trinajstić information content (AvgIpc) is 2.60. The van der Waals surface area contributed by atoms with Gasteiger partial charge in [-0.05, 0) is 52.9 Å². The number of phenolic OH excluding ortho intramolecular Hbond substituents is 1. The van der Waals surface area contributed by atoms with Crippen LogP contribution in [0.1, 0.15) is 125 Å². The van der Waals surface area contributed by atoms with Gasteiger partial charge in [-0.1, -0.05) is 108 Å². The van der Waals surface area contributed by atoms with Gasteiger partial charge in [-0.3, -0.25) is 0 Å². The van der Waals surface area contributed by atoms with Crippen molar-refractivity contribution in [1.82, 2.24) is 0 Å². The Kier molecular flexibility index (Phi) is 11.5. The van der Waals surface area contributed by atoms with Gasteiger partial charge in [-0.2, -0.15) is 0 Å². The maximum absolute atomic E-state index is 10.9. The lowest BCUT2D eigenvalue weighted by atomic mass is 9.79. The molecule has 0 amide bonds. The van der Waals surface area contributed by atoms with Gasteiger partial charge >= 0.3 is 0 Å². The molecule has 2 heteroatoms. The molecule has 0 bridgehead atoms. The SMILES string of the molecule is CC(C)CCCC(C)CCCC(C)CCSc1cc(C(C)(C)C)c(O)c(C(C)(C)C)c1. The first-order chi connectivity index (χ1) is 14.2. The Labute approximate surface area is 199 Å². The highest BCUT2D eigenvalue weighted by Crippen LogP contribution is 2.42. The molecular formula is C29H52OS. The first-order valence-corrected chi connectivity index (χ1v) is 13.7. The van der Waals surface area contributed by atoms with Crippen LogP contribution in [0.25, 0.3) is 0 Å². The van der Waals surface area contributed by atoms with E-state index in [4.69, 9.17) is 0 Å². The van der Waals surface area contributed by atoms with E-state index in [-0.39, 0.29) is 10.8 Å². The zero-order valence-corrected chi connectivity index (χ0v) is 23.2. The largest absolute Gasteiger partial charge is 0.507 e. The van der Waals surface area contributed by atoms with Gasteiger partial charge in [0.25, 0.3) is 0 Å². The quantitative estimate of drug-likeness (QED) is 0.321. The molecule has 1 aromatic rings. The second-order valence-electron chi connectivity index (χ2n) is 12.5. The summed E-state index contributed by atoms with van der Waals surface area (Å²) in [5.41, 5.74) is 2.03. The number of hydrogen-bond acceptors (Lipinski definition) is 2. The third kappa shape index (κ3) is 10.7. The van der Waals surface area contributed by atoms with E-state index < -0.39 is 0 Å². The van der Waals surface area contributed by atoms with E-state index in [1.54, 1.807) is 0 Å². The standard InChI is InChI=1S/C29H52OS/c1-21(2)13-11-14-22(3)15-12-16-23(4)17-18-31-24-19-25(28(5,6)7)27(30)26(20-24)29(8,9)10/h19-23,30H,11-18H2,1-10H3. The Morgan fingerprint density at radius 3 is 1.55 bits per heavy atom. The predicted molar refractivity (Wildman–Crippen MR) is 142 cm³/mol. The van der Waals surface area contributed by atoms with Crippen LogP contribution in [0.15, 0.2) is 17.0 Å². The summed E-state index contributed by atoms with van der Waals surface area (Å²) < 4.78 is 0. The van der Waals surface area contributed by atoms with Crippen LogP contribution in [0.2, 0.25) is 0 Å². The molecule has 0 saturated heterocycles. The second kappa shape index (κ2) is 12.6. The number of benzene rings is 1. The smallest absolute Gasteiger partial charge is 0.123 e. The third-order valence-corrected chi connectivity index (χ3v) is 7.46. The molecule has 1 N–H and O–H groups in total. The summed E-state index contributed by atoms with van der Waals surface area (Å²) in [4.78, 5) is 1.30. The van der Waals surface area contributed by atoms with E-state index in [1.165, 1.54) is 49.8 Å². The molecule has 0 aliphatic rings. The molecule has 0 aliphatic carbocycles. The van der Waals surface area contributed by atoms with E-state index >= 15 is 0 Å². The van der Waals surface area contributed by atoms with E-state index in [1.807, 2.05) is 11.8 Å². The number of hydrogen-bond donors (Lipinski definition) is 1. The maximum Gasteiger partial charge on any atom is 0.123 e. The van der Waals surface area contributed by atoms with Gasteiger partial charge in [0, 0.05) is 16.0 Å². The summed E-state index contributed by atoms with van der Waals surface area (Å²) in [6.07, 6.45) is 9.55. The fraction of sp³-hybridized carbons (Fsp3) is 0.793. The second-order valence-corrected chi connectivity index (χ2v) is 13.6. The minimum absolute atomic E-state index is 0.0557. The molecule has 1 rings (SSSR count). The number of thioether (sulfide) groups is 1. The molecule has 31 heavy (non-hydrogen) atoms. The molecular weight excluding hydrogens is 396 g/mol. The van der Waals surface area contributed by atoms with Crippen LogP contribution < -0.4 is 0 Å². The van der Waals surface area contributed by atoms with Crippen molar-refractivity contribution in [1.29, 1.82) is 0 Å².